The van der Waals surface area contributed by atoms with Crippen LogP contribution in [0.4, 0.5) is 5.82 Å². The highest BCUT2D eigenvalue weighted by atomic mass is 79.9. The average Bonchev–Trinajstić information content (AvgIpc) is 3.03. The summed E-state index contributed by atoms with van der Waals surface area (Å²) in [5.41, 5.74) is 1.13. The highest BCUT2D eigenvalue weighted by Crippen LogP contribution is 2.46. The molecule has 0 saturated heterocycles. The molecule has 4 heteroatoms. The third-order valence-corrected chi connectivity index (χ3v) is 4.31. The Kier molecular flexibility index (Phi) is 4.19. The van der Waals surface area contributed by atoms with Gasteiger partial charge in [-0.15, -0.1) is 0 Å². The molecule has 1 saturated carbocycles. The summed E-state index contributed by atoms with van der Waals surface area (Å²) in [6, 6.07) is 0. The molecule has 106 valence electrons. The molecule has 1 N–H and O–H groups in total. The van der Waals surface area contributed by atoms with E-state index in [1.165, 1.54) is 6.42 Å². The van der Waals surface area contributed by atoms with Crippen LogP contribution in [0.25, 0.3) is 0 Å². The molecule has 1 aromatic rings. The van der Waals surface area contributed by atoms with Crippen molar-refractivity contribution >= 4 is 21.7 Å². The Morgan fingerprint density at radius 1 is 1.32 bits per heavy atom. The molecule has 2 rings (SSSR count). The highest BCUT2D eigenvalue weighted by molar-refractivity contribution is 9.10. The fourth-order valence-corrected chi connectivity index (χ4v) is 3.08. The number of nitrogens with one attached hydrogen (secondary N) is 1. The number of nitrogens with zero attached hydrogens (tertiary/aromatic N) is 2. The molecule has 0 aromatic carbocycles. The molecule has 0 radical (unpaired) electrons. The summed E-state index contributed by atoms with van der Waals surface area (Å²) >= 11 is 3.68. The Hall–Kier alpha value is -0.640. The first-order chi connectivity index (χ1) is 8.84. The minimum atomic E-state index is 0.0251. The lowest BCUT2D eigenvalue weighted by Gasteiger charge is -2.22. The molecule has 2 atom stereocenters. The van der Waals surface area contributed by atoms with Gasteiger partial charge in [0.25, 0.3) is 0 Å². The van der Waals surface area contributed by atoms with Gasteiger partial charge in [0, 0.05) is 17.9 Å². The fourth-order valence-electron chi connectivity index (χ4n) is 2.17. The van der Waals surface area contributed by atoms with Crippen molar-refractivity contribution in [1.82, 2.24) is 9.97 Å². The van der Waals surface area contributed by atoms with Crippen LogP contribution < -0.4 is 5.32 Å². The molecule has 1 fully saturated rings. The second kappa shape index (κ2) is 5.39. The van der Waals surface area contributed by atoms with E-state index < -0.39 is 0 Å². The zero-order valence-corrected chi connectivity index (χ0v) is 14.1. The van der Waals surface area contributed by atoms with Gasteiger partial charge in [0.2, 0.25) is 0 Å². The predicted molar refractivity (Wildman–Crippen MR) is 83.7 cm³/mol. The Morgan fingerprint density at radius 2 is 1.95 bits per heavy atom. The SMILES string of the molecule is CCCNc1nc(C2CC2C)nc(C(C)(C)C)c1Br. The maximum atomic E-state index is 4.83. The van der Waals surface area contributed by atoms with Gasteiger partial charge in [-0.3, -0.25) is 0 Å². The van der Waals surface area contributed by atoms with Gasteiger partial charge >= 0.3 is 0 Å². The maximum absolute atomic E-state index is 4.83. The molecule has 1 aromatic heterocycles. The summed E-state index contributed by atoms with van der Waals surface area (Å²) in [5, 5.41) is 3.41. The lowest BCUT2D eigenvalue weighted by atomic mass is 9.91. The molecule has 1 aliphatic rings. The highest BCUT2D eigenvalue weighted by Gasteiger charge is 2.38. The van der Waals surface area contributed by atoms with Gasteiger partial charge in [-0.25, -0.2) is 9.97 Å². The average molecular weight is 326 g/mol. The van der Waals surface area contributed by atoms with Gasteiger partial charge in [-0.1, -0.05) is 34.6 Å². The molecule has 0 bridgehead atoms. The van der Waals surface area contributed by atoms with Crippen molar-refractivity contribution in [2.75, 3.05) is 11.9 Å². The molecular weight excluding hydrogens is 302 g/mol. The Labute approximate surface area is 124 Å². The van der Waals surface area contributed by atoms with Crippen molar-refractivity contribution in [2.24, 2.45) is 5.92 Å². The predicted octanol–water partition coefficient (Wildman–Crippen LogP) is 4.48. The monoisotopic (exact) mass is 325 g/mol. The quantitative estimate of drug-likeness (QED) is 0.886. The summed E-state index contributed by atoms with van der Waals surface area (Å²) in [4.78, 5) is 9.55. The van der Waals surface area contributed by atoms with E-state index in [4.69, 9.17) is 9.97 Å². The van der Waals surface area contributed by atoms with E-state index in [0.29, 0.717) is 5.92 Å². The number of anilines is 1. The summed E-state index contributed by atoms with van der Waals surface area (Å²) in [6.07, 6.45) is 2.31. The zero-order valence-electron chi connectivity index (χ0n) is 12.5. The maximum Gasteiger partial charge on any atom is 0.144 e. The largest absolute Gasteiger partial charge is 0.369 e. The van der Waals surface area contributed by atoms with E-state index in [1.807, 2.05) is 0 Å². The molecule has 3 nitrogen and oxygen atoms in total. The van der Waals surface area contributed by atoms with Crippen molar-refractivity contribution in [3.8, 4) is 0 Å². The number of halogens is 1. The second-order valence-corrected chi connectivity index (χ2v) is 7.38. The van der Waals surface area contributed by atoms with E-state index >= 15 is 0 Å². The van der Waals surface area contributed by atoms with E-state index in [1.54, 1.807) is 0 Å². The molecule has 1 heterocycles. The van der Waals surface area contributed by atoms with Gasteiger partial charge in [0.05, 0.1) is 10.2 Å². The molecule has 0 spiro atoms. The van der Waals surface area contributed by atoms with E-state index in [9.17, 15) is 0 Å². The van der Waals surface area contributed by atoms with Gasteiger partial charge in [0.1, 0.15) is 11.6 Å². The Balaban J connectivity index is 2.41. The van der Waals surface area contributed by atoms with Crippen LogP contribution >= 0.6 is 15.9 Å². The Bertz CT molecular complexity index is 465. The minimum absolute atomic E-state index is 0.0251. The first-order valence-corrected chi connectivity index (χ1v) is 7.95. The van der Waals surface area contributed by atoms with Gasteiger partial charge < -0.3 is 5.32 Å². The van der Waals surface area contributed by atoms with E-state index in [-0.39, 0.29) is 5.41 Å². The smallest absolute Gasteiger partial charge is 0.144 e. The first kappa shape index (κ1) is 14.8. The summed E-state index contributed by atoms with van der Waals surface area (Å²) in [5.74, 6) is 3.25. The van der Waals surface area contributed by atoms with Crippen LogP contribution in [-0.2, 0) is 5.41 Å². The molecule has 0 aliphatic heterocycles. The van der Waals surface area contributed by atoms with Crippen LogP contribution in [-0.4, -0.2) is 16.5 Å². The zero-order chi connectivity index (χ0) is 14.2. The number of aromatic nitrogens is 2. The summed E-state index contributed by atoms with van der Waals surface area (Å²) in [7, 11) is 0. The van der Waals surface area contributed by atoms with Crippen molar-refractivity contribution < 1.29 is 0 Å². The summed E-state index contributed by atoms with van der Waals surface area (Å²) < 4.78 is 1.02. The molecular formula is C15H24BrN3. The van der Waals surface area contributed by atoms with Gasteiger partial charge in [-0.05, 0) is 34.7 Å². The van der Waals surface area contributed by atoms with Crippen LogP contribution in [0.2, 0.25) is 0 Å². The molecule has 19 heavy (non-hydrogen) atoms. The van der Waals surface area contributed by atoms with Crippen molar-refractivity contribution in [1.29, 1.82) is 0 Å². The van der Waals surface area contributed by atoms with Crippen molar-refractivity contribution in [3.05, 3.63) is 16.0 Å². The minimum Gasteiger partial charge on any atom is -0.369 e. The normalized spacial score (nSPS) is 22.4. The topological polar surface area (TPSA) is 37.8 Å². The van der Waals surface area contributed by atoms with Gasteiger partial charge in [0.15, 0.2) is 0 Å². The van der Waals surface area contributed by atoms with Crippen LogP contribution in [0.3, 0.4) is 0 Å². The first-order valence-electron chi connectivity index (χ1n) is 7.16. The molecule has 0 amide bonds. The van der Waals surface area contributed by atoms with Crippen LogP contribution in [0, 0.1) is 5.92 Å². The van der Waals surface area contributed by atoms with Crippen LogP contribution in [0.5, 0.6) is 0 Å². The lowest BCUT2D eigenvalue weighted by molar-refractivity contribution is 0.557. The molecule has 2 unspecified atom stereocenters. The van der Waals surface area contributed by atoms with Crippen LogP contribution in [0.1, 0.15) is 64.9 Å². The lowest BCUT2D eigenvalue weighted by Crippen LogP contribution is -2.18. The standard InChI is InChI=1S/C15H24BrN3/c1-6-7-17-14-11(16)12(15(3,4)5)18-13(19-14)10-8-9(10)2/h9-10H,6-8H2,1-5H3,(H,17,18,19). The van der Waals surface area contributed by atoms with Crippen molar-refractivity contribution in [3.63, 3.8) is 0 Å². The van der Waals surface area contributed by atoms with Crippen molar-refractivity contribution in [2.45, 2.75) is 58.8 Å². The second-order valence-electron chi connectivity index (χ2n) is 6.59. The number of hydrogen-bond donors (Lipinski definition) is 1. The van der Waals surface area contributed by atoms with E-state index in [0.717, 1.165) is 40.7 Å². The fraction of sp³-hybridized carbons (Fsp3) is 0.733. The Morgan fingerprint density at radius 3 is 2.42 bits per heavy atom. The van der Waals surface area contributed by atoms with E-state index in [2.05, 4.69) is 55.9 Å². The number of hydrogen-bond acceptors (Lipinski definition) is 3. The summed E-state index contributed by atoms with van der Waals surface area (Å²) in [6.45, 7) is 12.0. The molecule has 1 aliphatic carbocycles. The number of rotatable bonds is 4. The van der Waals surface area contributed by atoms with Crippen LogP contribution in [0.15, 0.2) is 4.47 Å². The third kappa shape index (κ3) is 3.28. The third-order valence-electron chi connectivity index (χ3n) is 3.56. The van der Waals surface area contributed by atoms with Gasteiger partial charge in [-0.2, -0.15) is 0 Å².